The highest BCUT2D eigenvalue weighted by molar-refractivity contribution is 8.01. The van der Waals surface area contributed by atoms with Crippen LogP contribution in [-0.4, -0.2) is 40.7 Å². The Morgan fingerprint density at radius 2 is 1.29 bits per heavy atom. The van der Waals surface area contributed by atoms with Crippen LogP contribution in [-0.2, 0) is 14.3 Å². The van der Waals surface area contributed by atoms with E-state index in [1.54, 1.807) is 4.90 Å². The molecule has 0 aliphatic carbocycles. The predicted molar refractivity (Wildman–Crippen MR) is 138 cm³/mol. The lowest BCUT2D eigenvalue weighted by Crippen LogP contribution is -2.40. The Kier molecular flexibility index (Phi) is 7.13. The van der Waals surface area contributed by atoms with Crippen molar-refractivity contribution in [1.82, 2.24) is 4.90 Å². The lowest BCUT2D eigenvalue weighted by atomic mass is 9.84. The van der Waals surface area contributed by atoms with Crippen LogP contribution in [0.25, 0.3) is 0 Å². The second kappa shape index (κ2) is 10.1. The van der Waals surface area contributed by atoms with E-state index < -0.39 is 22.5 Å². The normalized spacial score (nSPS) is 18.5. The van der Waals surface area contributed by atoms with Crippen molar-refractivity contribution in [3.05, 3.63) is 108 Å². The lowest BCUT2D eigenvalue weighted by Gasteiger charge is -2.37. The molecule has 1 aliphatic rings. The van der Waals surface area contributed by atoms with Crippen LogP contribution < -0.4 is 0 Å². The second-order valence-electron chi connectivity index (χ2n) is 9.59. The minimum Gasteiger partial charge on any atom is -0.444 e. The molecule has 0 unspecified atom stereocenters. The predicted octanol–water partition coefficient (Wildman–Crippen LogP) is 6.29. The molecule has 34 heavy (non-hydrogen) atoms. The first-order chi connectivity index (χ1) is 16.3. The monoisotopic (exact) mass is 473 g/mol. The standard InChI is InChI=1S/C29H31NO3S/c1-28(2,3)33-27(32)30-20-26(19-25(30)21-31)34-29(22-13-7-4-8-14-22,23-15-9-5-10-16-23)24-17-11-6-12-18-24/h4-18,21,25-26H,19-20H2,1-3H3/t25-,26-/m0/s1. The molecular weight excluding hydrogens is 442 g/mol. The number of carbonyl (C=O) groups is 2. The topological polar surface area (TPSA) is 46.6 Å². The van der Waals surface area contributed by atoms with Crippen molar-refractivity contribution >= 4 is 24.1 Å². The molecule has 4 nitrogen and oxygen atoms in total. The second-order valence-corrected chi connectivity index (χ2v) is 11.1. The maximum atomic E-state index is 12.9. The number of aldehydes is 1. The molecule has 1 amide bonds. The fourth-order valence-corrected chi connectivity index (χ4v) is 6.39. The van der Waals surface area contributed by atoms with Crippen molar-refractivity contribution in [2.24, 2.45) is 0 Å². The maximum absolute atomic E-state index is 12.9. The number of carbonyl (C=O) groups excluding carboxylic acids is 2. The van der Waals surface area contributed by atoms with Gasteiger partial charge >= 0.3 is 6.09 Å². The Bertz CT molecular complexity index is 1000. The fraction of sp³-hybridized carbons (Fsp3) is 0.310. The number of benzene rings is 3. The van der Waals surface area contributed by atoms with E-state index in [2.05, 4.69) is 72.8 Å². The van der Waals surface area contributed by atoms with Crippen LogP contribution in [0.3, 0.4) is 0 Å². The largest absolute Gasteiger partial charge is 0.444 e. The average Bonchev–Trinajstić information content (AvgIpc) is 3.26. The van der Waals surface area contributed by atoms with Gasteiger partial charge in [-0.05, 0) is 43.9 Å². The van der Waals surface area contributed by atoms with Crippen molar-refractivity contribution in [3.8, 4) is 0 Å². The van der Waals surface area contributed by atoms with Crippen LogP contribution in [0.2, 0.25) is 0 Å². The molecule has 1 saturated heterocycles. The molecule has 1 fully saturated rings. The molecule has 176 valence electrons. The van der Waals surface area contributed by atoms with Gasteiger partial charge in [-0.15, -0.1) is 11.8 Å². The van der Waals surface area contributed by atoms with Gasteiger partial charge in [-0.2, -0.15) is 0 Å². The van der Waals surface area contributed by atoms with Gasteiger partial charge in [-0.25, -0.2) is 4.79 Å². The van der Waals surface area contributed by atoms with Gasteiger partial charge in [-0.3, -0.25) is 4.90 Å². The average molecular weight is 474 g/mol. The van der Waals surface area contributed by atoms with Crippen LogP contribution in [0.1, 0.15) is 43.9 Å². The molecule has 3 aromatic rings. The third-order valence-corrected chi connectivity index (χ3v) is 7.71. The zero-order chi connectivity index (χ0) is 24.2. The molecule has 0 saturated carbocycles. The van der Waals surface area contributed by atoms with Crippen molar-refractivity contribution in [2.75, 3.05) is 6.54 Å². The van der Waals surface area contributed by atoms with Gasteiger partial charge in [0.1, 0.15) is 11.9 Å². The van der Waals surface area contributed by atoms with Crippen molar-refractivity contribution < 1.29 is 14.3 Å². The number of rotatable bonds is 6. The van der Waals surface area contributed by atoms with Gasteiger partial charge in [0.25, 0.3) is 0 Å². The first-order valence-electron chi connectivity index (χ1n) is 11.6. The molecule has 0 spiro atoms. The first-order valence-corrected chi connectivity index (χ1v) is 12.5. The van der Waals surface area contributed by atoms with E-state index in [0.717, 1.165) is 23.0 Å². The minimum atomic E-state index is -0.613. The Morgan fingerprint density at radius 3 is 1.68 bits per heavy atom. The van der Waals surface area contributed by atoms with Crippen molar-refractivity contribution in [2.45, 2.75) is 48.8 Å². The maximum Gasteiger partial charge on any atom is 0.410 e. The van der Waals surface area contributed by atoms with Crippen LogP contribution in [0, 0.1) is 0 Å². The Hall–Kier alpha value is -3.05. The van der Waals surface area contributed by atoms with Gasteiger partial charge in [0.2, 0.25) is 0 Å². The summed E-state index contributed by atoms with van der Waals surface area (Å²) in [5.41, 5.74) is 2.87. The van der Waals surface area contributed by atoms with E-state index in [1.807, 2.05) is 50.7 Å². The fourth-order valence-electron chi connectivity index (χ4n) is 4.54. The number of hydrogen-bond donors (Lipinski definition) is 0. The van der Waals surface area contributed by atoms with Gasteiger partial charge in [0.05, 0.1) is 10.8 Å². The number of ether oxygens (including phenoxy) is 1. The molecule has 4 rings (SSSR count). The zero-order valence-electron chi connectivity index (χ0n) is 19.9. The first kappa shape index (κ1) is 24.1. The Balaban J connectivity index is 1.77. The smallest absolute Gasteiger partial charge is 0.410 e. The summed E-state index contributed by atoms with van der Waals surface area (Å²) in [6.45, 7) is 5.98. The molecule has 5 heteroatoms. The van der Waals surface area contributed by atoms with Crippen LogP contribution >= 0.6 is 11.8 Å². The molecular formula is C29H31NO3S. The molecule has 0 radical (unpaired) electrons. The molecule has 0 bridgehead atoms. The molecule has 0 N–H and O–H groups in total. The third kappa shape index (κ3) is 5.05. The summed E-state index contributed by atoms with van der Waals surface area (Å²) in [5, 5.41) is 0.0448. The van der Waals surface area contributed by atoms with E-state index in [0.29, 0.717) is 13.0 Å². The number of amides is 1. The van der Waals surface area contributed by atoms with E-state index in [4.69, 9.17) is 4.74 Å². The summed E-state index contributed by atoms with van der Waals surface area (Å²) >= 11 is 1.81. The molecule has 2 atom stereocenters. The van der Waals surface area contributed by atoms with Gasteiger partial charge in [-0.1, -0.05) is 91.0 Å². The summed E-state index contributed by atoms with van der Waals surface area (Å²) in [6.07, 6.45) is 1.03. The zero-order valence-corrected chi connectivity index (χ0v) is 20.7. The summed E-state index contributed by atoms with van der Waals surface area (Å²) in [4.78, 5) is 26.4. The van der Waals surface area contributed by atoms with Gasteiger partial charge < -0.3 is 9.53 Å². The van der Waals surface area contributed by atoms with E-state index in [1.165, 1.54) is 0 Å². The number of thioether (sulfide) groups is 1. The summed E-state index contributed by atoms with van der Waals surface area (Å²) in [5.74, 6) is 0. The number of likely N-dealkylation sites (tertiary alicyclic amines) is 1. The van der Waals surface area contributed by atoms with E-state index in [-0.39, 0.29) is 5.25 Å². The number of nitrogens with zero attached hydrogens (tertiary/aromatic N) is 1. The highest BCUT2D eigenvalue weighted by Crippen LogP contribution is 2.52. The SMILES string of the molecule is CC(C)(C)OC(=O)N1C[C@@H](SC(c2ccccc2)(c2ccccc2)c2ccccc2)C[C@H]1C=O. The highest BCUT2D eigenvalue weighted by atomic mass is 32.2. The molecule has 3 aromatic carbocycles. The molecule has 1 heterocycles. The highest BCUT2D eigenvalue weighted by Gasteiger charge is 2.44. The summed E-state index contributed by atoms with van der Waals surface area (Å²) in [6, 6.07) is 30.9. The molecule has 0 aromatic heterocycles. The van der Waals surface area contributed by atoms with Crippen molar-refractivity contribution in [1.29, 1.82) is 0 Å². The Morgan fingerprint density at radius 1 is 0.853 bits per heavy atom. The van der Waals surface area contributed by atoms with Gasteiger partial charge in [0, 0.05) is 11.8 Å². The van der Waals surface area contributed by atoms with E-state index >= 15 is 0 Å². The summed E-state index contributed by atoms with van der Waals surface area (Å²) in [7, 11) is 0. The minimum absolute atomic E-state index is 0.0448. The van der Waals surface area contributed by atoms with Gasteiger partial charge in [0.15, 0.2) is 0 Å². The van der Waals surface area contributed by atoms with Crippen LogP contribution in [0.5, 0.6) is 0 Å². The van der Waals surface area contributed by atoms with Crippen LogP contribution in [0.4, 0.5) is 4.79 Å². The summed E-state index contributed by atoms with van der Waals surface area (Å²) < 4.78 is 5.11. The third-order valence-electron chi connectivity index (χ3n) is 5.97. The lowest BCUT2D eigenvalue weighted by molar-refractivity contribution is -0.111. The van der Waals surface area contributed by atoms with E-state index in [9.17, 15) is 9.59 Å². The Labute approximate surface area is 206 Å². The quantitative estimate of drug-likeness (QED) is 0.312. The number of hydrogen-bond acceptors (Lipinski definition) is 4. The van der Waals surface area contributed by atoms with Crippen molar-refractivity contribution in [3.63, 3.8) is 0 Å². The molecule has 1 aliphatic heterocycles. The van der Waals surface area contributed by atoms with Crippen LogP contribution in [0.15, 0.2) is 91.0 Å².